The van der Waals surface area contributed by atoms with Crippen LogP contribution in [0.25, 0.3) is 0 Å². The number of unbranched alkanes of at least 4 members (excludes halogenated alkanes) is 2. The molecule has 4 heterocycles. The van der Waals surface area contributed by atoms with Crippen LogP contribution < -0.4 is 0 Å². The first kappa shape index (κ1) is 23.0. The standard InChI is InChI=1S/C24H34N2O6/c1-16(2)25-13-9-11-24-19(18-17(32-24)10-5-3-8-15-31-23(18)30)21(28)26(20(24)22(25)29)12-6-4-7-14-27/h5,9-11,16-20,27H,3-4,6-8,12-15H2,1-2H3/b10-5-/t17-,18+,19+,20?,24+/m1/s1. The zero-order valence-electron chi connectivity index (χ0n) is 18.9. The lowest BCUT2D eigenvalue weighted by Gasteiger charge is -2.36. The lowest BCUT2D eigenvalue weighted by atomic mass is 9.78. The third kappa shape index (κ3) is 3.77. The number of fused-ring (bicyclic) bond motifs is 2. The van der Waals surface area contributed by atoms with Crippen molar-refractivity contribution in [3.05, 3.63) is 24.3 Å². The number of allylic oxidation sites excluding steroid dienone is 1. The van der Waals surface area contributed by atoms with Gasteiger partial charge in [0.2, 0.25) is 11.8 Å². The van der Waals surface area contributed by atoms with E-state index in [1.807, 2.05) is 38.2 Å². The van der Waals surface area contributed by atoms with E-state index in [0.29, 0.717) is 32.5 Å². The van der Waals surface area contributed by atoms with Crippen molar-refractivity contribution in [1.29, 1.82) is 0 Å². The fraction of sp³-hybridized carbons (Fsp3) is 0.708. The van der Waals surface area contributed by atoms with Gasteiger partial charge in [-0.2, -0.15) is 0 Å². The molecule has 0 aliphatic carbocycles. The molecule has 0 radical (unpaired) electrons. The Labute approximate surface area is 189 Å². The van der Waals surface area contributed by atoms with Gasteiger partial charge in [-0.05, 0) is 46.0 Å². The summed E-state index contributed by atoms with van der Waals surface area (Å²) in [6.45, 7) is 5.14. The van der Waals surface area contributed by atoms with Crippen LogP contribution in [0.4, 0.5) is 0 Å². The van der Waals surface area contributed by atoms with Crippen LogP contribution in [-0.4, -0.2) is 82.8 Å². The molecule has 1 N–H and O–H groups in total. The quantitative estimate of drug-likeness (QED) is 0.377. The van der Waals surface area contributed by atoms with E-state index in [1.165, 1.54) is 0 Å². The number of aliphatic hydroxyl groups is 1. The van der Waals surface area contributed by atoms with Gasteiger partial charge in [-0.3, -0.25) is 14.4 Å². The highest BCUT2D eigenvalue weighted by atomic mass is 16.6. The maximum Gasteiger partial charge on any atom is 0.312 e. The van der Waals surface area contributed by atoms with Gasteiger partial charge in [0.1, 0.15) is 17.6 Å². The maximum absolute atomic E-state index is 13.8. The second-order valence-electron chi connectivity index (χ2n) is 9.38. The topological polar surface area (TPSA) is 96.4 Å². The predicted octanol–water partition coefficient (Wildman–Crippen LogP) is 1.43. The molecular formula is C24H34N2O6. The molecule has 8 heteroatoms. The molecule has 2 fully saturated rings. The van der Waals surface area contributed by atoms with Crippen molar-refractivity contribution in [3.8, 4) is 0 Å². The number of cyclic esters (lactones) is 1. The van der Waals surface area contributed by atoms with Gasteiger partial charge < -0.3 is 24.4 Å². The largest absolute Gasteiger partial charge is 0.465 e. The fourth-order valence-corrected chi connectivity index (χ4v) is 5.55. The minimum Gasteiger partial charge on any atom is -0.465 e. The molecular weight excluding hydrogens is 412 g/mol. The molecule has 4 aliphatic rings. The van der Waals surface area contributed by atoms with Gasteiger partial charge >= 0.3 is 5.97 Å². The minimum absolute atomic E-state index is 0.0313. The number of carbonyl (C=O) groups excluding carboxylic acids is 3. The Kier molecular flexibility index (Phi) is 6.72. The van der Waals surface area contributed by atoms with Crippen LogP contribution in [0.15, 0.2) is 24.3 Å². The van der Waals surface area contributed by atoms with E-state index in [-0.39, 0.29) is 24.5 Å². The van der Waals surface area contributed by atoms with Crippen molar-refractivity contribution in [1.82, 2.24) is 9.80 Å². The molecule has 1 unspecified atom stereocenters. The lowest BCUT2D eigenvalue weighted by Crippen LogP contribution is -2.56. The number of esters is 1. The Hall–Kier alpha value is -2.19. The SMILES string of the molecule is CC(C)N1CC=C[C@]23O[C@@H]4/C=C\CCCOC(=O)[C@@H]4[C@H]2C(=O)N(CCCCCO)C3C1=O. The van der Waals surface area contributed by atoms with E-state index in [9.17, 15) is 14.4 Å². The molecule has 32 heavy (non-hydrogen) atoms. The predicted molar refractivity (Wildman–Crippen MR) is 116 cm³/mol. The van der Waals surface area contributed by atoms with Gasteiger partial charge in [0, 0.05) is 25.7 Å². The summed E-state index contributed by atoms with van der Waals surface area (Å²) >= 11 is 0. The third-order valence-corrected chi connectivity index (χ3v) is 7.06. The number of carbonyl (C=O) groups is 3. The van der Waals surface area contributed by atoms with Crippen LogP contribution in [0.1, 0.15) is 46.0 Å². The second-order valence-corrected chi connectivity index (χ2v) is 9.38. The highest BCUT2D eigenvalue weighted by Crippen LogP contribution is 2.53. The summed E-state index contributed by atoms with van der Waals surface area (Å²) in [6.07, 6.45) is 10.6. The smallest absolute Gasteiger partial charge is 0.312 e. The first-order chi connectivity index (χ1) is 15.4. The van der Waals surface area contributed by atoms with Crippen LogP contribution >= 0.6 is 0 Å². The van der Waals surface area contributed by atoms with Crippen molar-refractivity contribution in [2.24, 2.45) is 11.8 Å². The first-order valence-electron chi connectivity index (χ1n) is 11.8. The second kappa shape index (κ2) is 9.35. The fourth-order valence-electron chi connectivity index (χ4n) is 5.55. The summed E-state index contributed by atoms with van der Waals surface area (Å²) < 4.78 is 12.0. The molecule has 176 valence electrons. The Morgan fingerprint density at radius 2 is 1.97 bits per heavy atom. The normalized spacial score (nSPS) is 35.6. The highest BCUT2D eigenvalue weighted by Gasteiger charge is 2.71. The van der Waals surface area contributed by atoms with Crippen LogP contribution in [0.2, 0.25) is 0 Å². The van der Waals surface area contributed by atoms with Gasteiger partial charge in [0.05, 0.1) is 18.6 Å². The molecule has 0 aromatic heterocycles. The Balaban J connectivity index is 1.75. The van der Waals surface area contributed by atoms with Gasteiger partial charge in [0.15, 0.2) is 0 Å². The lowest BCUT2D eigenvalue weighted by molar-refractivity contribution is -0.155. The van der Waals surface area contributed by atoms with E-state index in [1.54, 1.807) is 9.80 Å². The van der Waals surface area contributed by atoms with E-state index < -0.39 is 35.6 Å². The van der Waals surface area contributed by atoms with Gasteiger partial charge in [-0.1, -0.05) is 24.3 Å². The number of aliphatic hydroxyl groups excluding tert-OH is 1. The summed E-state index contributed by atoms with van der Waals surface area (Å²) in [5.74, 6) is -2.36. The Morgan fingerprint density at radius 3 is 2.72 bits per heavy atom. The molecule has 0 aromatic rings. The molecule has 0 aromatic carbocycles. The van der Waals surface area contributed by atoms with Crippen molar-refractivity contribution < 1.29 is 29.0 Å². The number of rotatable bonds is 6. The van der Waals surface area contributed by atoms with Gasteiger partial charge in [0.25, 0.3) is 0 Å². The molecule has 5 atom stereocenters. The van der Waals surface area contributed by atoms with Crippen LogP contribution in [-0.2, 0) is 23.9 Å². The Bertz CT molecular complexity index is 808. The zero-order valence-corrected chi connectivity index (χ0v) is 18.9. The monoisotopic (exact) mass is 446 g/mol. The van der Waals surface area contributed by atoms with Crippen LogP contribution in [0.3, 0.4) is 0 Å². The first-order valence-corrected chi connectivity index (χ1v) is 11.8. The zero-order chi connectivity index (χ0) is 22.9. The number of likely N-dealkylation sites (tertiary alicyclic amines) is 1. The average Bonchev–Trinajstić information content (AvgIpc) is 3.16. The highest BCUT2D eigenvalue weighted by molar-refractivity contribution is 5.99. The van der Waals surface area contributed by atoms with Crippen LogP contribution in [0.5, 0.6) is 0 Å². The average molecular weight is 447 g/mol. The van der Waals surface area contributed by atoms with E-state index in [2.05, 4.69) is 0 Å². The number of hydrogen-bond donors (Lipinski definition) is 1. The molecule has 4 rings (SSSR count). The summed E-state index contributed by atoms with van der Waals surface area (Å²) in [5.41, 5.74) is -1.19. The van der Waals surface area contributed by atoms with Crippen molar-refractivity contribution in [3.63, 3.8) is 0 Å². The summed E-state index contributed by atoms with van der Waals surface area (Å²) in [6, 6.07) is -0.844. The van der Waals surface area contributed by atoms with Crippen molar-refractivity contribution in [2.75, 3.05) is 26.3 Å². The number of nitrogens with zero attached hydrogens (tertiary/aromatic N) is 2. The number of amides is 2. The van der Waals surface area contributed by atoms with Crippen LogP contribution in [0, 0.1) is 11.8 Å². The molecule has 4 aliphatic heterocycles. The summed E-state index contributed by atoms with van der Waals surface area (Å²) in [5, 5.41) is 9.11. The molecule has 2 amide bonds. The minimum atomic E-state index is -1.19. The van der Waals surface area contributed by atoms with Gasteiger partial charge in [-0.15, -0.1) is 0 Å². The molecule has 2 saturated heterocycles. The summed E-state index contributed by atoms with van der Waals surface area (Å²) in [7, 11) is 0. The number of ether oxygens (including phenoxy) is 2. The maximum atomic E-state index is 13.8. The van der Waals surface area contributed by atoms with E-state index in [4.69, 9.17) is 14.6 Å². The molecule has 8 nitrogen and oxygen atoms in total. The van der Waals surface area contributed by atoms with E-state index >= 15 is 0 Å². The molecule has 1 spiro atoms. The van der Waals surface area contributed by atoms with Crippen molar-refractivity contribution >= 4 is 17.8 Å². The third-order valence-electron chi connectivity index (χ3n) is 7.06. The summed E-state index contributed by atoms with van der Waals surface area (Å²) in [4.78, 5) is 44.0. The van der Waals surface area contributed by atoms with Crippen molar-refractivity contribution in [2.45, 2.75) is 69.7 Å². The van der Waals surface area contributed by atoms with E-state index in [0.717, 1.165) is 19.3 Å². The molecule has 0 bridgehead atoms. The number of hydrogen-bond acceptors (Lipinski definition) is 6. The molecule has 0 saturated carbocycles. The van der Waals surface area contributed by atoms with Gasteiger partial charge in [-0.25, -0.2) is 0 Å². The Morgan fingerprint density at radius 1 is 1.16 bits per heavy atom.